The molecule has 29 heavy (non-hydrogen) atoms. The van der Waals surface area contributed by atoms with Gasteiger partial charge in [0.2, 0.25) is 5.95 Å². The van der Waals surface area contributed by atoms with Crippen LogP contribution in [0.5, 0.6) is 0 Å². The molecule has 2 unspecified atom stereocenters. The molecule has 4 rings (SSSR count). The summed E-state index contributed by atoms with van der Waals surface area (Å²) >= 11 is 1.54. The number of fused-ring (bicyclic) bond motifs is 1. The number of hydrogen-bond acceptors (Lipinski definition) is 6. The van der Waals surface area contributed by atoms with E-state index in [2.05, 4.69) is 39.7 Å². The average molecular weight is 405 g/mol. The van der Waals surface area contributed by atoms with E-state index in [0.717, 1.165) is 21.3 Å². The second kappa shape index (κ2) is 8.69. The maximum absolute atomic E-state index is 10.9. The number of rotatable bonds is 7. The third kappa shape index (κ3) is 4.45. The van der Waals surface area contributed by atoms with E-state index in [1.54, 1.807) is 0 Å². The number of benzene rings is 2. The largest absolute Gasteiger partial charge is 0.373 e. The Labute approximate surface area is 174 Å². The summed E-state index contributed by atoms with van der Waals surface area (Å²) < 4.78 is 0.892. The molecule has 0 amide bonds. The fourth-order valence-electron chi connectivity index (χ4n) is 3.31. The smallest absolute Gasteiger partial charge is 0.224 e. The first-order valence-corrected chi connectivity index (χ1v) is 10.6. The lowest BCUT2D eigenvalue weighted by atomic mass is 10.1. The van der Waals surface area contributed by atoms with Gasteiger partial charge in [-0.1, -0.05) is 60.7 Å². The highest BCUT2D eigenvalue weighted by atomic mass is 32.1. The Morgan fingerprint density at radius 2 is 1.45 bits per heavy atom. The molecule has 0 bridgehead atoms. The van der Waals surface area contributed by atoms with E-state index in [0.29, 0.717) is 11.6 Å². The van der Waals surface area contributed by atoms with Crippen LogP contribution in [0, 0.1) is 0 Å². The van der Waals surface area contributed by atoms with E-state index < -0.39 is 6.23 Å². The fourth-order valence-corrected chi connectivity index (χ4v) is 4.15. The van der Waals surface area contributed by atoms with Crippen molar-refractivity contribution in [1.29, 1.82) is 0 Å². The Morgan fingerprint density at radius 1 is 0.828 bits per heavy atom. The predicted octanol–water partition coefficient (Wildman–Crippen LogP) is 5.21. The summed E-state index contributed by atoms with van der Waals surface area (Å²) in [7, 11) is 0. The highest BCUT2D eigenvalue weighted by molar-refractivity contribution is 7.17. The molecule has 0 aliphatic heterocycles. The first-order valence-electron chi connectivity index (χ1n) is 9.67. The Bertz CT molecular complexity index is 1070. The van der Waals surface area contributed by atoms with Gasteiger partial charge in [-0.05, 0) is 36.4 Å². The van der Waals surface area contributed by atoms with Gasteiger partial charge < -0.3 is 10.4 Å². The van der Waals surface area contributed by atoms with E-state index in [4.69, 9.17) is 0 Å². The summed E-state index contributed by atoms with van der Waals surface area (Å²) in [5.74, 6) is 0.510. The first-order chi connectivity index (χ1) is 14.1. The van der Waals surface area contributed by atoms with E-state index >= 15 is 0 Å². The van der Waals surface area contributed by atoms with Crippen molar-refractivity contribution in [2.24, 2.45) is 0 Å². The lowest BCUT2D eigenvalue weighted by Crippen LogP contribution is -2.25. The van der Waals surface area contributed by atoms with E-state index in [-0.39, 0.29) is 12.1 Å². The van der Waals surface area contributed by atoms with Crippen LogP contribution in [0.15, 0.2) is 72.1 Å². The Morgan fingerprint density at radius 3 is 2.10 bits per heavy atom. The minimum absolute atomic E-state index is 0.0178. The topological polar surface area (TPSA) is 70.1 Å². The van der Waals surface area contributed by atoms with Crippen LogP contribution in [0.3, 0.4) is 0 Å². The molecule has 2 aromatic carbocycles. The normalized spacial score (nSPS) is 14.4. The molecule has 0 fully saturated rings. The molecule has 0 aliphatic carbocycles. The van der Waals surface area contributed by atoms with Gasteiger partial charge in [-0.15, -0.1) is 11.3 Å². The van der Waals surface area contributed by atoms with E-state index in [1.807, 2.05) is 66.9 Å². The molecule has 0 aliphatic rings. The zero-order chi connectivity index (χ0) is 20.2. The number of hydrogen-bond donors (Lipinski definition) is 3. The Hall–Kier alpha value is -2.80. The molecule has 5 nitrogen and oxygen atoms in total. The van der Waals surface area contributed by atoms with Crippen LogP contribution in [-0.4, -0.2) is 15.1 Å². The van der Waals surface area contributed by atoms with Crippen molar-refractivity contribution >= 4 is 27.5 Å². The zero-order valence-corrected chi connectivity index (χ0v) is 17.2. The van der Waals surface area contributed by atoms with Crippen molar-refractivity contribution in [2.45, 2.75) is 32.2 Å². The standard InChI is InChI=1S/C23H24N4OS/c1-15(17-9-5-3-6-10-17)24-22(28)20-21-19(13-14-29-21)26-23(27-20)25-16(2)18-11-7-4-8-12-18/h3-16,22,24,28H,1-2H3,(H,25,26,27)/t15-,16?,22?/m0/s1. The number of aliphatic hydroxyl groups excluding tert-OH is 1. The summed E-state index contributed by atoms with van der Waals surface area (Å²) in [6, 6.07) is 22.2. The van der Waals surface area contributed by atoms with Gasteiger partial charge in [0.05, 0.1) is 16.3 Å². The molecule has 3 atom stereocenters. The molecule has 6 heteroatoms. The summed E-state index contributed by atoms with van der Waals surface area (Å²) in [4.78, 5) is 9.29. The van der Waals surface area contributed by atoms with Crippen LogP contribution in [0.2, 0.25) is 0 Å². The van der Waals surface area contributed by atoms with Crippen molar-refractivity contribution < 1.29 is 5.11 Å². The molecule has 2 aromatic heterocycles. The van der Waals surface area contributed by atoms with Gasteiger partial charge in [0.25, 0.3) is 0 Å². The monoisotopic (exact) mass is 404 g/mol. The molecular formula is C23H24N4OS. The summed E-state index contributed by atoms with van der Waals surface area (Å²) in [5.41, 5.74) is 3.69. The van der Waals surface area contributed by atoms with Crippen molar-refractivity contribution in [3.63, 3.8) is 0 Å². The van der Waals surface area contributed by atoms with Gasteiger partial charge in [-0.2, -0.15) is 0 Å². The number of anilines is 1. The molecule has 3 N–H and O–H groups in total. The first kappa shape index (κ1) is 19.5. The highest BCUT2D eigenvalue weighted by Crippen LogP contribution is 2.29. The molecule has 0 saturated heterocycles. The maximum atomic E-state index is 10.9. The minimum atomic E-state index is -0.901. The second-order valence-corrected chi connectivity index (χ2v) is 7.96. The summed E-state index contributed by atoms with van der Waals surface area (Å²) in [6.45, 7) is 4.10. The Balaban J connectivity index is 1.59. The predicted molar refractivity (Wildman–Crippen MR) is 119 cm³/mol. The molecule has 2 heterocycles. The number of aliphatic hydroxyl groups is 1. The van der Waals surface area contributed by atoms with Crippen molar-refractivity contribution in [3.8, 4) is 0 Å². The van der Waals surface area contributed by atoms with Gasteiger partial charge in [-0.3, -0.25) is 5.32 Å². The SMILES string of the molecule is CC(Nc1nc(C(O)N[C@@H](C)c2ccccc2)c2sccc2n1)c1ccccc1. The number of nitrogens with zero attached hydrogens (tertiary/aromatic N) is 2. The minimum Gasteiger partial charge on any atom is -0.373 e. The Kier molecular flexibility index (Phi) is 5.85. The summed E-state index contributed by atoms with van der Waals surface area (Å²) in [5, 5.41) is 19.5. The van der Waals surface area contributed by atoms with Gasteiger partial charge in [0.15, 0.2) is 0 Å². The number of aromatic nitrogens is 2. The third-order valence-corrected chi connectivity index (χ3v) is 5.87. The lowest BCUT2D eigenvalue weighted by Gasteiger charge is -2.21. The highest BCUT2D eigenvalue weighted by Gasteiger charge is 2.20. The second-order valence-electron chi connectivity index (χ2n) is 7.05. The van der Waals surface area contributed by atoms with Crippen LogP contribution in [-0.2, 0) is 0 Å². The maximum Gasteiger partial charge on any atom is 0.224 e. The molecular weight excluding hydrogens is 380 g/mol. The quantitative estimate of drug-likeness (QED) is 0.369. The van der Waals surface area contributed by atoms with Crippen LogP contribution in [0.4, 0.5) is 5.95 Å². The average Bonchev–Trinajstić information content (AvgIpc) is 3.23. The van der Waals surface area contributed by atoms with Crippen molar-refractivity contribution in [2.75, 3.05) is 5.32 Å². The molecule has 0 radical (unpaired) electrons. The van der Waals surface area contributed by atoms with Crippen molar-refractivity contribution in [3.05, 3.63) is 88.9 Å². The summed E-state index contributed by atoms with van der Waals surface area (Å²) in [6.07, 6.45) is -0.901. The van der Waals surface area contributed by atoms with Crippen LogP contribution in [0.1, 0.15) is 49.0 Å². The van der Waals surface area contributed by atoms with E-state index in [9.17, 15) is 5.11 Å². The molecule has 148 valence electrons. The van der Waals surface area contributed by atoms with Crippen LogP contribution in [0.25, 0.3) is 10.2 Å². The number of nitrogens with one attached hydrogen (secondary N) is 2. The van der Waals surface area contributed by atoms with Gasteiger partial charge in [0, 0.05) is 6.04 Å². The zero-order valence-electron chi connectivity index (χ0n) is 16.4. The van der Waals surface area contributed by atoms with Crippen LogP contribution >= 0.6 is 11.3 Å². The van der Waals surface area contributed by atoms with Gasteiger partial charge in [0.1, 0.15) is 11.9 Å². The fraction of sp³-hybridized carbons (Fsp3) is 0.217. The van der Waals surface area contributed by atoms with Gasteiger partial charge >= 0.3 is 0 Å². The van der Waals surface area contributed by atoms with Gasteiger partial charge in [-0.25, -0.2) is 9.97 Å². The van der Waals surface area contributed by atoms with Crippen LogP contribution < -0.4 is 10.6 Å². The molecule has 0 saturated carbocycles. The third-order valence-electron chi connectivity index (χ3n) is 4.94. The van der Waals surface area contributed by atoms with E-state index in [1.165, 1.54) is 11.3 Å². The molecule has 0 spiro atoms. The number of thiophene rings is 1. The van der Waals surface area contributed by atoms with Crippen molar-refractivity contribution in [1.82, 2.24) is 15.3 Å². The molecule has 4 aromatic rings. The lowest BCUT2D eigenvalue weighted by molar-refractivity contribution is 0.123.